The van der Waals surface area contributed by atoms with Crippen LogP contribution in [-0.4, -0.2) is 10.9 Å². The van der Waals surface area contributed by atoms with Gasteiger partial charge in [0.15, 0.2) is 0 Å². The molecule has 6 heteroatoms. The summed E-state index contributed by atoms with van der Waals surface area (Å²) in [7, 11) is 0. The third kappa shape index (κ3) is 4.04. The van der Waals surface area contributed by atoms with E-state index in [0.717, 1.165) is 52.7 Å². The summed E-state index contributed by atoms with van der Waals surface area (Å²) < 4.78 is 0. The Morgan fingerprint density at radius 1 is 1.26 bits per heavy atom. The molecule has 0 spiro atoms. The van der Waals surface area contributed by atoms with Crippen LogP contribution in [0.4, 0.5) is 5.00 Å². The molecule has 4 aromatic rings. The van der Waals surface area contributed by atoms with Crippen LogP contribution in [0.3, 0.4) is 0 Å². The lowest BCUT2D eigenvalue weighted by Crippen LogP contribution is -2.28. The van der Waals surface area contributed by atoms with Gasteiger partial charge in [0.05, 0.1) is 27.2 Å². The summed E-state index contributed by atoms with van der Waals surface area (Å²) in [5.74, 6) is 0.396. The molecule has 0 saturated heterocycles. The van der Waals surface area contributed by atoms with Gasteiger partial charge in [0.25, 0.3) is 5.91 Å². The Kier molecular flexibility index (Phi) is 6.01. The van der Waals surface area contributed by atoms with E-state index in [4.69, 9.17) is 4.98 Å². The summed E-state index contributed by atoms with van der Waals surface area (Å²) in [4.78, 5) is 20.6. The van der Waals surface area contributed by atoms with Crippen molar-refractivity contribution in [3.05, 3.63) is 69.4 Å². The maximum Gasteiger partial charge on any atom is 0.257 e. The van der Waals surface area contributed by atoms with Crippen molar-refractivity contribution < 1.29 is 4.79 Å². The molecule has 1 aromatic carbocycles. The molecule has 0 saturated carbocycles. The van der Waals surface area contributed by atoms with E-state index in [1.165, 1.54) is 4.88 Å². The molecule has 0 bridgehead atoms. The fourth-order valence-electron chi connectivity index (χ4n) is 4.83. The molecule has 1 amide bonds. The molecule has 1 N–H and O–H groups in total. The highest BCUT2D eigenvalue weighted by atomic mass is 32.1. The first kappa shape index (κ1) is 22.8. The van der Waals surface area contributed by atoms with Crippen molar-refractivity contribution >= 4 is 44.5 Å². The Morgan fingerprint density at radius 3 is 2.82 bits per heavy atom. The summed E-state index contributed by atoms with van der Waals surface area (Å²) in [6.07, 6.45) is 4.10. The molecule has 34 heavy (non-hydrogen) atoms. The van der Waals surface area contributed by atoms with Crippen molar-refractivity contribution in [3.8, 4) is 16.6 Å². The number of carbonyl (C=O) groups is 1. The van der Waals surface area contributed by atoms with Crippen LogP contribution in [-0.2, 0) is 12.8 Å². The maximum absolute atomic E-state index is 13.6. The summed E-state index contributed by atoms with van der Waals surface area (Å²) in [5, 5.41) is 16.5. The molecule has 5 rings (SSSR count). The normalized spacial score (nSPS) is 15.6. The van der Waals surface area contributed by atoms with Gasteiger partial charge in [-0.2, -0.15) is 5.26 Å². The number of amides is 1. The molecule has 1 unspecified atom stereocenters. The molecule has 1 atom stereocenters. The van der Waals surface area contributed by atoms with E-state index >= 15 is 0 Å². The number of nitrogens with one attached hydrogen (secondary N) is 1. The first-order valence-electron chi connectivity index (χ1n) is 11.7. The molecule has 3 aromatic heterocycles. The van der Waals surface area contributed by atoms with Gasteiger partial charge in [-0.3, -0.25) is 4.79 Å². The van der Waals surface area contributed by atoms with Crippen molar-refractivity contribution in [1.29, 1.82) is 5.26 Å². The lowest BCUT2D eigenvalue weighted by molar-refractivity contribution is 0.102. The SMILES string of the molecule is CCC(C)(C)C1CCc2c(sc(NC(=O)c3cc(-c4cccs4)nc4ccccc34)c2C#N)C1. The van der Waals surface area contributed by atoms with Gasteiger partial charge in [-0.15, -0.1) is 22.7 Å². The average molecular weight is 486 g/mol. The number of nitriles is 1. The van der Waals surface area contributed by atoms with Crippen LogP contribution in [0.5, 0.6) is 0 Å². The Morgan fingerprint density at radius 2 is 2.09 bits per heavy atom. The molecule has 172 valence electrons. The van der Waals surface area contributed by atoms with E-state index in [2.05, 4.69) is 32.2 Å². The Balaban J connectivity index is 1.51. The topological polar surface area (TPSA) is 65.8 Å². The molecule has 0 fully saturated rings. The molecule has 0 aliphatic heterocycles. The first-order valence-corrected chi connectivity index (χ1v) is 13.4. The van der Waals surface area contributed by atoms with Gasteiger partial charge >= 0.3 is 0 Å². The maximum atomic E-state index is 13.6. The standard InChI is InChI=1S/C28H27N3OS2/c1-4-28(2,3)17-11-12-19-21(16-29)27(34-25(19)14-17)31-26(32)20-15-23(24-10-7-13-33-24)30-22-9-6-5-8-18(20)22/h5-10,13,15,17H,4,11-12,14H2,1-3H3,(H,31,32). The number of anilines is 1. The predicted octanol–water partition coefficient (Wildman–Crippen LogP) is 7.69. The van der Waals surface area contributed by atoms with Crippen LogP contribution in [0.15, 0.2) is 47.8 Å². The fourth-order valence-corrected chi connectivity index (χ4v) is 6.79. The Labute approximate surface area is 208 Å². The number of pyridine rings is 1. The van der Waals surface area contributed by atoms with Gasteiger partial charge in [-0.05, 0) is 59.7 Å². The van der Waals surface area contributed by atoms with Crippen molar-refractivity contribution in [2.45, 2.75) is 46.5 Å². The number of hydrogen-bond donors (Lipinski definition) is 1. The van der Waals surface area contributed by atoms with Gasteiger partial charge in [0.1, 0.15) is 11.1 Å². The Hall–Kier alpha value is -3.01. The number of benzene rings is 1. The lowest BCUT2D eigenvalue weighted by Gasteiger charge is -2.36. The quantitative estimate of drug-likeness (QED) is 0.315. The third-order valence-electron chi connectivity index (χ3n) is 7.35. The van der Waals surface area contributed by atoms with Crippen LogP contribution < -0.4 is 5.32 Å². The van der Waals surface area contributed by atoms with Crippen LogP contribution in [0, 0.1) is 22.7 Å². The minimum absolute atomic E-state index is 0.197. The van der Waals surface area contributed by atoms with Crippen molar-refractivity contribution in [1.82, 2.24) is 4.98 Å². The van der Waals surface area contributed by atoms with E-state index in [1.807, 2.05) is 47.8 Å². The second kappa shape index (κ2) is 8.98. The number of aromatic nitrogens is 1. The number of nitrogens with zero attached hydrogens (tertiary/aromatic N) is 2. The molecular weight excluding hydrogens is 458 g/mol. The number of carbonyl (C=O) groups excluding carboxylic acids is 1. The fraction of sp³-hybridized carbons (Fsp3) is 0.321. The lowest BCUT2D eigenvalue weighted by atomic mass is 9.69. The molecule has 1 aliphatic rings. The van der Waals surface area contributed by atoms with E-state index in [0.29, 0.717) is 22.0 Å². The smallest absolute Gasteiger partial charge is 0.257 e. The second-order valence-corrected chi connectivity index (χ2v) is 11.7. The molecule has 1 aliphatic carbocycles. The Bertz CT molecular complexity index is 1410. The van der Waals surface area contributed by atoms with E-state index in [-0.39, 0.29) is 11.3 Å². The van der Waals surface area contributed by atoms with Crippen molar-refractivity contribution in [2.24, 2.45) is 11.3 Å². The molecular formula is C28H27N3OS2. The van der Waals surface area contributed by atoms with Crippen molar-refractivity contribution in [2.75, 3.05) is 5.32 Å². The number of thiophene rings is 2. The number of hydrogen-bond acceptors (Lipinski definition) is 5. The van der Waals surface area contributed by atoms with Crippen LogP contribution >= 0.6 is 22.7 Å². The minimum Gasteiger partial charge on any atom is -0.312 e. The summed E-state index contributed by atoms with van der Waals surface area (Å²) >= 11 is 3.18. The summed E-state index contributed by atoms with van der Waals surface area (Å²) in [5.41, 5.74) is 4.19. The molecule has 4 nitrogen and oxygen atoms in total. The zero-order valence-corrected chi connectivity index (χ0v) is 21.3. The second-order valence-electron chi connectivity index (χ2n) is 9.61. The highest BCUT2D eigenvalue weighted by Gasteiger charge is 2.34. The monoisotopic (exact) mass is 485 g/mol. The molecule has 3 heterocycles. The van der Waals surface area contributed by atoms with E-state index < -0.39 is 0 Å². The van der Waals surface area contributed by atoms with Crippen LogP contribution in [0.2, 0.25) is 0 Å². The van der Waals surface area contributed by atoms with Gasteiger partial charge in [-0.25, -0.2) is 4.98 Å². The summed E-state index contributed by atoms with van der Waals surface area (Å²) in [6.45, 7) is 6.92. The average Bonchev–Trinajstić information content (AvgIpc) is 3.50. The third-order valence-corrected chi connectivity index (χ3v) is 9.42. The number of fused-ring (bicyclic) bond motifs is 2. The van der Waals surface area contributed by atoms with Crippen molar-refractivity contribution in [3.63, 3.8) is 0 Å². The highest BCUT2D eigenvalue weighted by Crippen LogP contribution is 2.45. The zero-order valence-electron chi connectivity index (χ0n) is 19.6. The van der Waals surface area contributed by atoms with Gasteiger partial charge in [-0.1, -0.05) is 51.5 Å². The number of rotatable bonds is 5. The van der Waals surface area contributed by atoms with E-state index in [9.17, 15) is 10.1 Å². The predicted molar refractivity (Wildman–Crippen MR) is 142 cm³/mol. The van der Waals surface area contributed by atoms with Crippen LogP contribution in [0.1, 0.15) is 60.0 Å². The van der Waals surface area contributed by atoms with Gasteiger partial charge in [0.2, 0.25) is 0 Å². The summed E-state index contributed by atoms with van der Waals surface area (Å²) in [6, 6.07) is 16.0. The first-order chi connectivity index (χ1) is 16.4. The highest BCUT2D eigenvalue weighted by molar-refractivity contribution is 7.16. The van der Waals surface area contributed by atoms with E-state index in [1.54, 1.807) is 22.7 Å². The van der Waals surface area contributed by atoms with Gasteiger partial charge in [0, 0.05) is 10.3 Å². The molecule has 0 radical (unpaired) electrons. The number of para-hydroxylation sites is 1. The minimum atomic E-state index is -0.197. The van der Waals surface area contributed by atoms with Gasteiger partial charge < -0.3 is 5.32 Å². The largest absolute Gasteiger partial charge is 0.312 e. The van der Waals surface area contributed by atoms with Crippen LogP contribution in [0.25, 0.3) is 21.5 Å². The zero-order chi connectivity index (χ0) is 23.9.